The molecule has 3 heteroatoms. The summed E-state index contributed by atoms with van der Waals surface area (Å²) in [7, 11) is 0. The van der Waals surface area contributed by atoms with Gasteiger partial charge in [0.05, 0.1) is 5.01 Å². The summed E-state index contributed by atoms with van der Waals surface area (Å²) in [6, 6.07) is 0. The van der Waals surface area contributed by atoms with E-state index < -0.39 is 0 Å². The Bertz CT molecular complexity index is 282. The van der Waals surface area contributed by atoms with Gasteiger partial charge in [0.2, 0.25) is 0 Å². The average molecular weight is 240 g/mol. The Labute approximate surface area is 103 Å². The topological polar surface area (TPSA) is 24.9 Å². The monoisotopic (exact) mass is 240 g/mol. The van der Waals surface area contributed by atoms with Crippen molar-refractivity contribution < 1.29 is 0 Å². The van der Waals surface area contributed by atoms with E-state index in [0.29, 0.717) is 5.41 Å². The number of aromatic nitrogens is 1. The van der Waals surface area contributed by atoms with Gasteiger partial charge in [-0.05, 0) is 24.3 Å². The van der Waals surface area contributed by atoms with E-state index >= 15 is 0 Å². The van der Waals surface area contributed by atoms with Crippen molar-refractivity contribution in [2.45, 2.75) is 40.5 Å². The van der Waals surface area contributed by atoms with Crippen molar-refractivity contribution >= 4 is 11.3 Å². The van der Waals surface area contributed by atoms with E-state index in [-0.39, 0.29) is 0 Å². The zero-order chi connectivity index (χ0) is 12.0. The molecule has 0 aliphatic carbocycles. The maximum Gasteiger partial charge on any atom is 0.0930 e. The van der Waals surface area contributed by atoms with Crippen LogP contribution in [0.15, 0.2) is 11.6 Å². The van der Waals surface area contributed by atoms with Gasteiger partial charge in [-0.15, -0.1) is 11.3 Å². The number of hydrogen-bond donors (Lipinski definition) is 1. The summed E-state index contributed by atoms with van der Waals surface area (Å²) in [5.74, 6) is 0.723. The molecule has 0 saturated carbocycles. The summed E-state index contributed by atoms with van der Waals surface area (Å²) in [6.45, 7) is 11.3. The second-order valence-electron chi connectivity index (χ2n) is 5.29. The van der Waals surface area contributed by atoms with Gasteiger partial charge in [-0.3, -0.25) is 0 Å². The molecule has 0 aromatic carbocycles. The molecule has 1 N–H and O–H groups in total. The summed E-state index contributed by atoms with van der Waals surface area (Å²) in [5.41, 5.74) is 0.340. The Hall–Kier alpha value is -0.410. The second kappa shape index (κ2) is 6.36. The maximum absolute atomic E-state index is 4.38. The molecule has 0 fully saturated rings. The number of thiazole rings is 1. The van der Waals surface area contributed by atoms with Crippen molar-refractivity contribution in [2.75, 3.05) is 13.1 Å². The standard InChI is InChI=1S/C13H24N2S/c1-5-13(4,10-14-9-11(2)3)8-12-15-6-7-16-12/h6-7,11,14H,5,8-10H2,1-4H3. The molecule has 1 rings (SSSR count). The minimum Gasteiger partial charge on any atom is -0.316 e. The van der Waals surface area contributed by atoms with Gasteiger partial charge < -0.3 is 5.32 Å². The second-order valence-corrected chi connectivity index (χ2v) is 6.27. The SMILES string of the molecule is CCC(C)(CNCC(C)C)Cc1nccs1. The van der Waals surface area contributed by atoms with Crippen LogP contribution in [0.1, 0.15) is 39.1 Å². The van der Waals surface area contributed by atoms with Crippen LogP contribution >= 0.6 is 11.3 Å². The molecule has 92 valence electrons. The molecule has 0 aliphatic heterocycles. The van der Waals surface area contributed by atoms with Crippen LogP contribution in [0.5, 0.6) is 0 Å². The Morgan fingerprint density at radius 3 is 2.75 bits per heavy atom. The van der Waals surface area contributed by atoms with E-state index in [4.69, 9.17) is 0 Å². The van der Waals surface area contributed by atoms with Crippen molar-refractivity contribution in [3.63, 3.8) is 0 Å². The first-order chi connectivity index (χ1) is 7.56. The summed E-state index contributed by atoms with van der Waals surface area (Å²) >= 11 is 1.77. The van der Waals surface area contributed by atoms with Crippen LogP contribution < -0.4 is 5.32 Å². The normalized spacial score (nSPS) is 15.3. The number of hydrogen-bond acceptors (Lipinski definition) is 3. The van der Waals surface area contributed by atoms with Crippen LogP contribution in [0.3, 0.4) is 0 Å². The first-order valence-corrected chi connectivity index (χ1v) is 7.03. The van der Waals surface area contributed by atoms with Crippen molar-refractivity contribution in [2.24, 2.45) is 11.3 Å². The third-order valence-corrected chi connectivity index (χ3v) is 3.80. The van der Waals surface area contributed by atoms with Crippen molar-refractivity contribution in [1.29, 1.82) is 0 Å². The molecule has 1 aromatic heterocycles. The highest BCUT2D eigenvalue weighted by molar-refractivity contribution is 7.09. The smallest absolute Gasteiger partial charge is 0.0930 e. The fraction of sp³-hybridized carbons (Fsp3) is 0.769. The quantitative estimate of drug-likeness (QED) is 0.790. The van der Waals surface area contributed by atoms with Gasteiger partial charge in [0.15, 0.2) is 0 Å². The molecule has 1 aromatic rings. The lowest BCUT2D eigenvalue weighted by Gasteiger charge is -2.28. The van der Waals surface area contributed by atoms with Crippen molar-refractivity contribution in [3.05, 3.63) is 16.6 Å². The van der Waals surface area contributed by atoms with E-state index in [9.17, 15) is 0 Å². The molecule has 0 bridgehead atoms. The van der Waals surface area contributed by atoms with Crippen molar-refractivity contribution in [3.8, 4) is 0 Å². The summed E-state index contributed by atoms with van der Waals surface area (Å²) in [5, 5.41) is 6.89. The van der Waals surface area contributed by atoms with E-state index in [1.807, 2.05) is 6.20 Å². The highest BCUT2D eigenvalue weighted by atomic mass is 32.1. The predicted molar refractivity (Wildman–Crippen MR) is 71.9 cm³/mol. The van der Waals surface area contributed by atoms with Crippen LogP contribution in [0.4, 0.5) is 0 Å². The first-order valence-electron chi connectivity index (χ1n) is 6.15. The molecule has 0 spiro atoms. The van der Waals surface area contributed by atoms with Crippen LogP contribution in [-0.2, 0) is 6.42 Å². The highest BCUT2D eigenvalue weighted by Gasteiger charge is 2.23. The Morgan fingerprint density at radius 2 is 2.25 bits per heavy atom. The Kier molecular flexibility index (Phi) is 5.42. The Balaban J connectivity index is 2.43. The van der Waals surface area contributed by atoms with Crippen LogP contribution in [0.2, 0.25) is 0 Å². The predicted octanol–water partition coefficient (Wildman–Crippen LogP) is 3.35. The third kappa shape index (κ3) is 4.62. The van der Waals surface area contributed by atoms with Gasteiger partial charge in [0.1, 0.15) is 0 Å². The van der Waals surface area contributed by atoms with Gasteiger partial charge in [-0.2, -0.15) is 0 Å². The Morgan fingerprint density at radius 1 is 1.50 bits per heavy atom. The molecule has 1 heterocycles. The molecule has 0 amide bonds. The molecule has 0 saturated heterocycles. The van der Waals surface area contributed by atoms with Crippen molar-refractivity contribution in [1.82, 2.24) is 10.3 Å². The van der Waals surface area contributed by atoms with Crippen LogP contribution in [0, 0.1) is 11.3 Å². The summed E-state index contributed by atoms with van der Waals surface area (Å²) in [6.07, 6.45) is 4.18. The molecule has 2 nitrogen and oxygen atoms in total. The van der Waals surface area contributed by atoms with Gasteiger partial charge >= 0.3 is 0 Å². The molecule has 0 radical (unpaired) electrons. The van der Waals surface area contributed by atoms with E-state index in [2.05, 4.69) is 43.4 Å². The lowest BCUT2D eigenvalue weighted by atomic mass is 9.84. The van der Waals surface area contributed by atoms with Gasteiger partial charge in [-0.25, -0.2) is 4.98 Å². The third-order valence-electron chi connectivity index (χ3n) is 3.02. The first kappa shape index (κ1) is 13.7. The fourth-order valence-electron chi connectivity index (χ4n) is 1.68. The highest BCUT2D eigenvalue weighted by Crippen LogP contribution is 2.26. The summed E-state index contributed by atoms with van der Waals surface area (Å²) < 4.78 is 0. The molecule has 16 heavy (non-hydrogen) atoms. The minimum absolute atomic E-state index is 0.340. The van der Waals surface area contributed by atoms with Gasteiger partial charge in [0.25, 0.3) is 0 Å². The zero-order valence-electron chi connectivity index (χ0n) is 10.9. The van der Waals surface area contributed by atoms with Gasteiger partial charge in [0, 0.05) is 24.5 Å². The van der Waals surface area contributed by atoms with Gasteiger partial charge in [-0.1, -0.05) is 27.7 Å². The minimum atomic E-state index is 0.340. The average Bonchev–Trinajstić information content (AvgIpc) is 2.69. The van der Waals surface area contributed by atoms with E-state index in [1.165, 1.54) is 11.4 Å². The molecule has 1 atom stereocenters. The van der Waals surface area contributed by atoms with E-state index in [1.54, 1.807) is 11.3 Å². The maximum atomic E-state index is 4.38. The van der Waals surface area contributed by atoms with Crippen LogP contribution in [-0.4, -0.2) is 18.1 Å². The van der Waals surface area contributed by atoms with Crippen LogP contribution in [0.25, 0.3) is 0 Å². The molecular weight excluding hydrogens is 216 g/mol. The lowest BCUT2D eigenvalue weighted by Crippen LogP contribution is -2.35. The molecule has 0 aliphatic rings. The number of nitrogens with zero attached hydrogens (tertiary/aromatic N) is 1. The number of nitrogens with one attached hydrogen (secondary N) is 1. The number of rotatable bonds is 7. The molecular formula is C13H24N2S. The lowest BCUT2D eigenvalue weighted by molar-refractivity contribution is 0.285. The summed E-state index contributed by atoms with van der Waals surface area (Å²) in [4.78, 5) is 4.38. The van der Waals surface area contributed by atoms with E-state index in [0.717, 1.165) is 25.4 Å². The fourth-order valence-corrected chi connectivity index (χ4v) is 2.51. The largest absolute Gasteiger partial charge is 0.316 e. The zero-order valence-corrected chi connectivity index (χ0v) is 11.7. The molecule has 1 unspecified atom stereocenters.